The second-order valence-electron chi connectivity index (χ2n) is 36.5. The molecule has 0 saturated heterocycles. The molecule has 0 radical (unpaired) electrons. The molecule has 13 N–H and O–H groups in total. The van der Waals surface area contributed by atoms with Crippen LogP contribution in [0, 0.1) is 23.0 Å². The zero-order valence-electron chi connectivity index (χ0n) is 80.1. The van der Waals surface area contributed by atoms with Gasteiger partial charge in [0.2, 0.25) is 11.8 Å². The molecule has 9 aromatic carbocycles. The molecule has 3 unspecified atom stereocenters. The third kappa shape index (κ3) is 21.1. The van der Waals surface area contributed by atoms with Crippen molar-refractivity contribution in [3.63, 3.8) is 0 Å². The average molecular weight is 2040 g/mol. The number of nitriles is 1. The van der Waals surface area contributed by atoms with Gasteiger partial charge in [0.1, 0.15) is 29.2 Å². The Morgan fingerprint density at radius 1 is 0.510 bits per heavy atom. The Labute approximate surface area is 857 Å². The molecule has 14 aromatic rings. The van der Waals surface area contributed by atoms with E-state index in [-0.39, 0.29) is 77.3 Å². The minimum atomic E-state index is -1.35. The Bertz CT molecular complexity index is 7640. The van der Waals surface area contributed by atoms with Crippen molar-refractivity contribution in [1.29, 1.82) is 5.26 Å². The normalized spacial score (nSPS) is 20.2. The van der Waals surface area contributed by atoms with Gasteiger partial charge in [-0.1, -0.05) is 150 Å². The predicted molar refractivity (Wildman–Crippen MR) is 560 cm³/mol. The SMILES string of the molecule is CN1C(=O)C(C)(c2cccc(-c3cc(Cl)ccc3CNC(=O)c3cc4ccccc4[nH]3)c2)N=C1N.CN1C(=O)C(C)(c2cccc(-c3cc(Cl)ccc3CNC(=O)c3cncnc3)c2)N=C1N.CN1C(=O)C(C)(c2ccnc(-c3cc(Cl)cc(Cl)c3)c2)N=C1N.CN1C(=O)[C@H](c2ccc(C3(C#N)CC3)cc2)[C@@](C)(c2ccc(F)cc2F)N=C1N.C[C@@]1(c2ccc3sccc3c2)CC(=O)N(CCc2ccncc2)C(N)=N1. The Morgan fingerprint density at radius 3 is 1.60 bits per heavy atom. The summed E-state index contributed by atoms with van der Waals surface area (Å²) >= 11 is 26.4. The lowest BCUT2D eigenvalue weighted by molar-refractivity contribution is -0.131. The number of nitrogens with two attached hydrogens (primary N) is 5. The second-order valence-corrected chi connectivity index (χ2v) is 39.2. The van der Waals surface area contributed by atoms with Crippen LogP contribution in [0.5, 0.6) is 0 Å². The first kappa shape index (κ1) is 102. The number of fused-ring (bicyclic) bond motifs is 2. The summed E-state index contributed by atoms with van der Waals surface area (Å²) in [5, 5.41) is 21.7. The molecule has 736 valence electrons. The van der Waals surface area contributed by atoms with Crippen molar-refractivity contribution >= 4 is 150 Å². The fourth-order valence-corrected chi connectivity index (χ4v) is 19.7. The van der Waals surface area contributed by atoms with Gasteiger partial charge in [-0.2, -0.15) is 5.26 Å². The Morgan fingerprint density at radius 2 is 1.06 bits per heavy atom. The third-order valence-electron chi connectivity index (χ3n) is 26.7. The summed E-state index contributed by atoms with van der Waals surface area (Å²) in [6.07, 6.45) is 12.1. The van der Waals surface area contributed by atoms with Gasteiger partial charge in [0.15, 0.2) is 46.4 Å². The van der Waals surface area contributed by atoms with E-state index >= 15 is 0 Å². The van der Waals surface area contributed by atoms with Crippen molar-refractivity contribution in [1.82, 2.24) is 60.1 Å². The van der Waals surface area contributed by atoms with Crippen molar-refractivity contribution < 1.29 is 42.3 Å². The molecule has 6 atom stereocenters. The maximum atomic E-state index is 14.7. The van der Waals surface area contributed by atoms with Gasteiger partial charge in [0.05, 0.1) is 40.6 Å². The highest BCUT2D eigenvalue weighted by Crippen LogP contribution is 2.50. The average Bonchev–Trinajstić information content (AvgIpc) is 1.71. The maximum Gasteiger partial charge on any atom is 0.267 e. The summed E-state index contributed by atoms with van der Waals surface area (Å²) < 4.78 is 29.4. The molecule has 20 rings (SSSR count). The summed E-state index contributed by atoms with van der Waals surface area (Å²) in [6.45, 7) is 9.93. The number of aliphatic imine (C=N–C) groups is 5. The molecule has 145 heavy (non-hydrogen) atoms. The lowest BCUT2D eigenvalue weighted by atomic mass is 9.74. The molecule has 0 spiro atoms. The molecule has 1 fully saturated rings. The van der Waals surface area contributed by atoms with E-state index in [1.165, 1.54) is 61.5 Å². The van der Waals surface area contributed by atoms with Crippen LogP contribution in [0.3, 0.4) is 0 Å². The molecule has 5 aromatic heterocycles. The molecular formula is C108H99Cl4F2N23O7S. The number of nitrogens with one attached hydrogen (secondary N) is 3. The Balaban J connectivity index is 0.000000131. The van der Waals surface area contributed by atoms with Crippen LogP contribution in [0.15, 0.2) is 292 Å². The lowest BCUT2D eigenvalue weighted by Gasteiger charge is -2.41. The molecule has 10 heterocycles. The van der Waals surface area contributed by atoms with Crippen molar-refractivity contribution in [3.05, 3.63) is 366 Å². The first-order valence-corrected chi connectivity index (χ1v) is 48.2. The molecule has 30 nitrogen and oxygen atoms in total. The zero-order chi connectivity index (χ0) is 104. The minimum Gasteiger partial charge on any atom is -0.369 e. The lowest BCUT2D eigenvalue weighted by Crippen LogP contribution is -2.52. The van der Waals surface area contributed by atoms with Gasteiger partial charge in [0.25, 0.3) is 29.5 Å². The van der Waals surface area contributed by atoms with Crippen LogP contribution < -0.4 is 39.3 Å². The summed E-state index contributed by atoms with van der Waals surface area (Å²) in [5.74, 6) is -2.91. The number of halogens is 6. The number of carbonyl (C=O) groups is 7. The highest BCUT2D eigenvalue weighted by atomic mass is 35.5. The smallest absolute Gasteiger partial charge is 0.267 e. The van der Waals surface area contributed by atoms with Crippen LogP contribution in [-0.4, -0.2) is 155 Å². The van der Waals surface area contributed by atoms with E-state index in [1.807, 2.05) is 134 Å². The van der Waals surface area contributed by atoms with E-state index in [2.05, 4.69) is 91.2 Å². The first-order chi connectivity index (χ1) is 69.1. The van der Waals surface area contributed by atoms with Crippen LogP contribution in [0.4, 0.5) is 8.78 Å². The van der Waals surface area contributed by atoms with Crippen LogP contribution >= 0.6 is 57.7 Å². The van der Waals surface area contributed by atoms with E-state index in [9.17, 15) is 47.6 Å². The first-order valence-electron chi connectivity index (χ1n) is 45.8. The number of rotatable bonds is 19. The van der Waals surface area contributed by atoms with Gasteiger partial charge >= 0.3 is 0 Å². The van der Waals surface area contributed by atoms with Gasteiger partial charge < -0.3 is 44.3 Å². The number of pyridine rings is 2. The standard InChI is InChI=1S/C27H24ClN5O2.C23H21ClN6O2.C22H20F2N4O.C20H20N4OS.C16H14Cl2N4O/c1-27(25(35)33(2)26(29)32-27)19-8-5-7-16(12-19)21-14-20(28)11-10-18(21)15-30-24(34)23-13-17-6-3-4-9-22(17)31-23;1-23(21(32)30(2)22(25)29-23)17-5-3-4-14(8-17)19-9-18(24)7-6-15(19)12-28-20(31)16-10-26-13-27-11-16;1-21(16-8-7-15(23)11-17(16)24)18(19(29)28(2)20(26)27-21)13-3-5-14(6-4-13)22(12-25)9-10-22;1-20(16-2-3-17-15(12-16)7-11-26-17)13-18(25)24(19(21)23-20)10-6-14-4-8-22-9-5-14;1-16(14(23)22(2)15(19)21-16)10-3-4-20-13(7-10)9-5-11(17)8-12(18)6-9/h3-14,31H,15H2,1-2H3,(H2,29,32)(H,30,34);3-11,13H,12H2,1-2H3,(H2,25,29)(H,28,31);3-8,11,18H,9-10H2,1-2H3,(H2,26,27);2-5,7-9,11-12H,6,10,13H2,1H3,(H2,21,23);3-8H,1-2H3,(H2,19,21)/t;;18-,21+;20-;/m..00./s1. The number of amides is 7. The molecule has 0 bridgehead atoms. The van der Waals surface area contributed by atoms with Crippen molar-refractivity contribution in [2.75, 3.05) is 34.7 Å². The summed E-state index contributed by atoms with van der Waals surface area (Å²) in [7, 11) is 6.33. The van der Waals surface area contributed by atoms with Crippen molar-refractivity contribution in [2.24, 2.45) is 53.6 Å². The highest BCUT2D eigenvalue weighted by molar-refractivity contribution is 7.17. The molecular weight excluding hydrogens is 1940 g/mol. The second kappa shape index (κ2) is 41.5. The predicted octanol–water partition coefficient (Wildman–Crippen LogP) is 16.8. The fourth-order valence-electron chi connectivity index (χ4n) is 18.0. The fraction of sp³-hybridized carbons (Fsp3) is 0.213. The Kier molecular flexibility index (Phi) is 29.2. The Hall–Kier alpha value is -16.0. The number of hydrogen-bond donors (Lipinski definition) is 8. The van der Waals surface area contributed by atoms with E-state index in [1.54, 1.807) is 138 Å². The summed E-state index contributed by atoms with van der Waals surface area (Å²) in [5.41, 5.74) is 38.3. The van der Waals surface area contributed by atoms with Gasteiger partial charge in [-0.3, -0.25) is 68.0 Å². The van der Waals surface area contributed by atoms with E-state index < -0.39 is 50.7 Å². The molecule has 5 aliphatic heterocycles. The summed E-state index contributed by atoms with van der Waals surface area (Å²) in [4.78, 5) is 138. The number of nitrogens with zero attached hydrogens (tertiary/aromatic N) is 15. The van der Waals surface area contributed by atoms with E-state index in [4.69, 9.17) is 80.1 Å². The number of likely N-dealkylation sites (N-methyl/N-ethyl adjacent to an activating group) is 4. The third-order valence-corrected chi connectivity index (χ3v) is 28.5. The van der Waals surface area contributed by atoms with Crippen LogP contribution in [-0.2, 0) is 76.6 Å². The number of para-hydroxylation sites is 1. The number of guanidine groups is 5. The number of thiophene rings is 1. The number of aromatic nitrogens is 5. The molecule has 1 saturated carbocycles. The zero-order valence-corrected chi connectivity index (χ0v) is 83.9. The van der Waals surface area contributed by atoms with Crippen LogP contribution in [0.1, 0.15) is 136 Å². The maximum absolute atomic E-state index is 14.7. The molecule has 1 aliphatic carbocycles. The van der Waals surface area contributed by atoms with Crippen LogP contribution in [0.2, 0.25) is 20.1 Å². The number of benzene rings is 9. The highest BCUT2D eigenvalue weighted by Gasteiger charge is 2.51. The summed E-state index contributed by atoms with van der Waals surface area (Å²) in [6, 6.07) is 69.5. The topological polar surface area (TPSA) is 443 Å². The number of H-pyrrole nitrogens is 1. The van der Waals surface area contributed by atoms with E-state index in [0.29, 0.717) is 79.2 Å². The van der Waals surface area contributed by atoms with Gasteiger partial charge in [-0.15, -0.1) is 11.3 Å². The van der Waals surface area contributed by atoms with Gasteiger partial charge in [-0.25, -0.2) is 43.7 Å². The van der Waals surface area contributed by atoms with Crippen molar-refractivity contribution in [2.45, 2.75) is 112 Å². The quantitative estimate of drug-likeness (QED) is 0.0373. The van der Waals surface area contributed by atoms with Gasteiger partial charge in [0, 0.05) is 132 Å². The van der Waals surface area contributed by atoms with E-state index in [0.717, 1.165) is 103 Å². The number of hydrogen-bond acceptors (Lipinski definition) is 23. The molecule has 37 heteroatoms. The monoisotopic (exact) mass is 2040 g/mol. The largest absolute Gasteiger partial charge is 0.369 e. The molecule has 6 aliphatic rings. The minimum absolute atomic E-state index is 0.0134. The number of carbonyl (C=O) groups excluding carboxylic acids is 7. The van der Waals surface area contributed by atoms with Gasteiger partial charge in [-0.05, 0) is 252 Å². The number of aromatic amines is 1. The van der Waals surface area contributed by atoms with Crippen molar-refractivity contribution in [3.8, 4) is 39.6 Å². The molecule has 7 amide bonds. The van der Waals surface area contributed by atoms with Crippen LogP contribution in [0.25, 0.3) is 54.5 Å².